The van der Waals surface area contributed by atoms with Gasteiger partial charge < -0.3 is 10.6 Å². The van der Waals surface area contributed by atoms with Gasteiger partial charge in [-0.05, 0) is 32.0 Å². The molecule has 0 aromatic carbocycles. The van der Waals surface area contributed by atoms with E-state index in [4.69, 9.17) is 11.6 Å². The van der Waals surface area contributed by atoms with Crippen LogP contribution in [0.4, 0.5) is 5.82 Å². The van der Waals surface area contributed by atoms with Crippen molar-refractivity contribution < 1.29 is 4.79 Å². The number of carbonyl (C=O) groups is 1. The fourth-order valence-corrected chi connectivity index (χ4v) is 2.87. The summed E-state index contributed by atoms with van der Waals surface area (Å²) in [6, 6.07) is 3.35. The Kier molecular flexibility index (Phi) is 4.77. The Labute approximate surface area is 118 Å². The number of amides is 1. The zero-order chi connectivity index (χ0) is 13.7. The van der Waals surface area contributed by atoms with Crippen molar-refractivity contribution in [1.82, 2.24) is 10.3 Å². The van der Waals surface area contributed by atoms with Crippen LogP contribution in [0.3, 0.4) is 0 Å². The third-order valence-corrected chi connectivity index (χ3v) is 4.06. The molecule has 4 nitrogen and oxygen atoms in total. The summed E-state index contributed by atoms with van der Waals surface area (Å²) in [6.07, 6.45) is 7.82. The summed E-state index contributed by atoms with van der Waals surface area (Å²) in [5, 5.41) is 6.73. The zero-order valence-corrected chi connectivity index (χ0v) is 12.0. The zero-order valence-electron chi connectivity index (χ0n) is 11.2. The third-order valence-electron chi connectivity index (χ3n) is 3.83. The van der Waals surface area contributed by atoms with E-state index in [0.29, 0.717) is 17.3 Å². The van der Waals surface area contributed by atoms with Crippen LogP contribution in [0.1, 0.15) is 38.5 Å². The van der Waals surface area contributed by atoms with E-state index in [1.807, 2.05) is 7.05 Å². The maximum Gasteiger partial charge on any atom is 0.227 e. The Morgan fingerprint density at radius 1 is 1.42 bits per heavy atom. The monoisotopic (exact) mass is 281 g/mol. The number of halogens is 1. The number of anilines is 1. The largest absolute Gasteiger partial charge is 0.314 e. The number of hydrogen-bond donors (Lipinski definition) is 2. The van der Waals surface area contributed by atoms with E-state index >= 15 is 0 Å². The van der Waals surface area contributed by atoms with Crippen LogP contribution < -0.4 is 10.6 Å². The predicted octanol–water partition coefficient (Wildman–Crippen LogP) is 2.99. The molecule has 104 valence electrons. The minimum absolute atomic E-state index is 0.00832. The standard InChI is InChI=1S/C14H20ClN3O/c1-16-14(6-3-2-4-7-14)10-13(19)18-12-9-11(15)5-8-17-12/h5,8-9,16H,2-4,6-7,10H2,1H3,(H,17,18,19). The second-order valence-electron chi connectivity index (χ2n) is 5.18. The first-order valence-corrected chi connectivity index (χ1v) is 7.12. The van der Waals surface area contributed by atoms with E-state index in [0.717, 1.165) is 12.8 Å². The molecule has 1 aromatic heterocycles. The number of rotatable bonds is 4. The highest BCUT2D eigenvalue weighted by Gasteiger charge is 2.32. The van der Waals surface area contributed by atoms with Crippen molar-refractivity contribution in [2.24, 2.45) is 0 Å². The van der Waals surface area contributed by atoms with Crippen molar-refractivity contribution >= 4 is 23.3 Å². The van der Waals surface area contributed by atoms with Gasteiger partial charge in [-0.3, -0.25) is 4.79 Å². The molecule has 1 heterocycles. The van der Waals surface area contributed by atoms with Gasteiger partial charge in [0.25, 0.3) is 0 Å². The van der Waals surface area contributed by atoms with E-state index in [2.05, 4.69) is 15.6 Å². The van der Waals surface area contributed by atoms with E-state index in [-0.39, 0.29) is 11.4 Å². The van der Waals surface area contributed by atoms with Crippen LogP contribution in [0.2, 0.25) is 5.02 Å². The van der Waals surface area contributed by atoms with E-state index < -0.39 is 0 Å². The van der Waals surface area contributed by atoms with Gasteiger partial charge in [-0.15, -0.1) is 0 Å². The lowest BCUT2D eigenvalue weighted by Crippen LogP contribution is -2.47. The fraction of sp³-hybridized carbons (Fsp3) is 0.571. The van der Waals surface area contributed by atoms with E-state index in [1.165, 1.54) is 19.3 Å². The minimum atomic E-state index is -0.0547. The second-order valence-corrected chi connectivity index (χ2v) is 5.61. The first kappa shape index (κ1) is 14.3. The minimum Gasteiger partial charge on any atom is -0.314 e. The molecule has 0 saturated heterocycles. The highest BCUT2D eigenvalue weighted by atomic mass is 35.5. The molecule has 0 bridgehead atoms. The van der Waals surface area contributed by atoms with Crippen molar-refractivity contribution in [3.63, 3.8) is 0 Å². The molecule has 1 aliphatic carbocycles. The van der Waals surface area contributed by atoms with Gasteiger partial charge in [0.2, 0.25) is 5.91 Å². The first-order valence-electron chi connectivity index (χ1n) is 6.74. The molecule has 1 aromatic rings. The topological polar surface area (TPSA) is 54.0 Å². The molecule has 1 aliphatic rings. The summed E-state index contributed by atoms with van der Waals surface area (Å²) in [4.78, 5) is 16.2. The quantitative estimate of drug-likeness (QED) is 0.892. The van der Waals surface area contributed by atoms with Gasteiger partial charge in [0, 0.05) is 23.2 Å². The number of carbonyl (C=O) groups excluding carboxylic acids is 1. The number of aromatic nitrogens is 1. The SMILES string of the molecule is CNC1(CC(=O)Nc2cc(Cl)ccn2)CCCCC1. The molecule has 0 aliphatic heterocycles. The first-order chi connectivity index (χ1) is 9.13. The molecule has 19 heavy (non-hydrogen) atoms. The number of hydrogen-bond acceptors (Lipinski definition) is 3. The summed E-state index contributed by atoms with van der Waals surface area (Å²) >= 11 is 5.87. The van der Waals surface area contributed by atoms with Crippen LogP contribution in [0.15, 0.2) is 18.3 Å². The second kappa shape index (κ2) is 6.35. The molecular formula is C14H20ClN3O. The van der Waals surface area contributed by atoms with Crippen molar-refractivity contribution in [1.29, 1.82) is 0 Å². The van der Waals surface area contributed by atoms with Gasteiger partial charge in [-0.2, -0.15) is 0 Å². The maximum absolute atomic E-state index is 12.1. The predicted molar refractivity (Wildman–Crippen MR) is 77.4 cm³/mol. The highest BCUT2D eigenvalue weighted by molar-refractivity contribution is 6.30. The molecular weight excluding hydrogens is 262 g/mol. The summed E-state index contributed by atoms with van der Waals surface area (Å²) in [5.74, 6) is 0.505. The molecule has 2 N–H and O–H groups in total. The van der Waals surface area contributed by atoms with E-state index in [9.17, 15) is 4.79 Å². The van der Waals surface area contributed by atoms with Crippen LogP contribution in [-0.4, -0.2) is 23.5 Å². The molecule has 2 rings (SSSR count). The van der Waals surface area contributed by atoms with Crippen LogP contribution in [0.5, 0.6) is 0 Å². The van der Waals surface area contributed by atoms with Crippen molar-refractivity contribution in [2.45, 2.75) is 44.1 Å². The Morgan fingerprint density at radius 3 is 2.79 bits per heavy atom. The van der Waals surface area contributed by atoms with Gasteiger partial charge in [0.1, 0.15) is 5.82 Å². The highest BCUT2D eigenvalue weighted by Crippen LogP contribution is 2.31. The van der Waals surface area contributed by atoms with Crippen LogP contribution in [0, 0.1) is 0 Å². The van der Waals surface area contributed by atoms with Crippen LogP contribution >= 0.6 is 11.6 Å². The van der Waals surface area contributed by atoms with Gasteiger partial charge in [0.05, 0.1) is 0 Å². The fourth-order valence-electron chi connectivity index (χ4n) is 2.71. The molecule has 5 heteroatoms. The molecule has 1 fully saturated rings. The summed E-state index contributed by atoms with van der Waals surface area (Å²) in [7, 11) is 1.94. The van der Waals surface area contributed by atoms with Crippen LogP contribution in [0.25, 0.3) is 0 Å². The third kappa shape index (κ3) is 3.91. The lowest BCUT2D eigenvalue weighted by Gasteiger charge is -2.36. The Hall–Kier alpha value is -1.13. The molecule has 0 spiro atoms. The summed E-state index contributed by atoms with van der Waals surface area (Å²) in [5.41, 5.74) is -0.0547. The number of nitrogens with one attached hydrogen (secondary N) is 2. The lowest BCUT2D eigenvalue weighted by molar-refractivity contribution is -0.117. The molecule has 0 atom stereocenters. The Morgan fingerprint density at radius 2 is 2.16 bits per heavy atom. The Balaban J connectivity index is 1.96. The molecule has 0 radical (unpaired) electrons. The maximum atomic E-state index is 12.1. The summed E-state index contributed by atoms with van der Waals surface area (Å²) in [6.45, 7) is 0. The normalized spacial score (nSPS) is 18.0. The molecule has 1 saturated carbocycles. The van der Waals surface area contributed by atoms with E-state index in [1.54, 1.807) is 18.3 Å². The average Bonchev–Trinajstić information content (AvgIpc) is 2.39. The number of pyridine rings is 1. The van der Waals surface area contributed by atoms with Gasteiger partial charge >= 0.3 is 0 Å². The number of nitrogens with zero attached hydrogens (tertiary/aromatic N) is 1. The lowest BCUT2D eigenvalue weighted by atomic mass is 9.79. The summed E-state index contributed by atoms with van der Waals surface area (Å²) < 4.78 is 0. The van der Waals surface area contributed by atoms with Gasteiger partial charge in [0.15, 0.2) is 0 Å². The molecule has 0 unspecified atom stereocenters. The smallest absolute Gasteiger partial charge is 0.227 e. The van der Waals surface area contributed by atoms with Crippen LogP contribution in [-0.2, 0) is 4.79 Å². The van der Waals surface area contributed by atoms with Crippen molar-refractivity contribution in [3.8, 4) is 0 Å². The Bertz CT molecular complexity index is 444. The molecule has 1 amide bonds. The van der Waals surface area contributed by atoms with Gasteiger partial charge in [-0.1, -0.05) is 30.9 Å². The van der Waals surface area contributed by atoms with Crippen molar-refractivity contribution in [2.75, 3.05) is 12.4 Å². The average molecular weight is 282 g/mol. The van der Waals surface area contributed by atoms with Crippen molar-refractivity contribution in [3.05, 3.63) is 23.4 Å². The van der Waals surface area contributed by atoms with Gasteiger partial charge in [-0.25, -0.2) is 4.98 Å².